The number of hydrogen-bond acceptors (Lipinski definition) is 4. The molecule has 0 spiro atoms. The zero-order valence-corrected chi connectivity index (χ0v) is 16.7. The van der Waals surface area contributed by atoms with E-state index in [1.54, 1.807) is 17.3 Å². The van der Waals surface area contributed by atoms with Gasteiger partial charge in [-0.15, -0.1) is 0 Å². The summed E-state index contributed by atoms with van der Waals surface area (Å²) in [5, 5.41) is 15.1. The molecule has 1 saturated carbocycles. The molecule has 150 valence electrons. The minimum Gasteiger partial charge on any atom is -0.493 e. The van der Waals surface area contributed by atoms with Crippen LogP contribution in [0.4, 0.5) is 0 Å². The van der Waals surface area contributed by atoms with E-state index in [-0.39, 0.29) is 0 Å². The van der Waals surface area contributed by atoms with Crippen LogP contribution in [0.3, 0.4) is 0 Å². The van der Waals surface area contributed by atoms with E-state index < -0.39 is 0 Å². The first kappa shape index (κ1) is 18.4. The van der Waals surface area contributed by atoms with E-state index in [4.69, 9.17) is 4.74 Å². The van der Waals surface area contributed by atoms with Crippen molar-refractivity contribution in [3.05, 3.63) is 66.7 Å². The average molecular weight is 397 g/mol. The smallest absolute Gasteiger partial charge is 0.137 e. The Kier molecular flexibility index (Phi) is 4.94. The van der Waals surface area contributed by atoms with Crippen LogP contribution < -0.4 is 4.74 Å². The van der Waals surface area contributed by atoms with Gasteiger partial charge in [0.1, 0.15) is 24.5 Å². The normalized spacial score (nSPS) is 13.8. The second-order valence-corrected chi connectivity index (χ2v) is 7.70. The van der Waals surface area contributed by atoms with Crippen LogP contribution in [-0.2, 0) is 6.54 Å². The summed E-state index contributed by atoms with van der Waals surface area (Å²) in [4.78, 5) is 3.96. The van der Waals surface area contributed by atoms with Gasteiger partial charge in [-0.3, -0.25) is 4.68 Å². The largest absolute Gasteiger partial charge is 0.493 e. The van der Waals surface area contributed by atoms with E-state index in [1.807, 2.05) is 30.3 Å². The SMILES string of the molecule is N#Cc1c(-c2ccccc2)n(C2CCC2)c2cc(OCCCn3cncn3)ccc12. The Morgan fingerprint density at radius 3 is 2.70 bits per heavy atom. The van der Waals surface area contributed by atoms with Crippen molar-refractivity contribution in [3.8, 4) is 23.1 Å². The molecule has 6 nitrogen and oxygen atoms in total. The molecule has 1 fully saturated rings. The summed E-state index contributed by atoms with van der Waals surface area (Å²) in [6, 6.07) is 19.3. The van der Waals surface area contributed by atoms with Crippen LogP contribution in [0.1, 0.15) is 37.3 Å². The maximum Gasteiger partial charge on any atom is 0.137 e. The molecule has 2 aromatic heterocycles. The summed E-state index contributed by atoms with van der Waals surface area (Å²) in [5.41, 5.74) is 3.96. The molecule has 2 heterocycles. The molecule has 30 heavy (non-hydrogen) atoms. The highest BCUT2D eigenvalue weighted by Gasteiger charge is 2.27. The fourth-order valence-corrected chi connectivity index (χ4v) is 4.16. The predicted octanol–water partition coefficient (Wildman–Crippen LogP) is 4.97. The first-order valence-corrected chi connectivity index (χ1v) is 10.4. The number of rotatable bonds is 7. The Morgan fingerprint density at radius 2 is 2.00 bits per heavy atom. The molecular weight excluding hydrogens is 374 g/mol. The monoisotopic (exact) mass is 397 g/mol. The molecule has 1 aliphatic carbocycles. The molecule has 0 N–H and O–H groups in total. The number of nitriles is 1. The van der Waals surface area contributed by atoms with Gasteiger partial charge in [0.15, 0.2) is 0 Å². The van der Waals surface area contributed by atoms with E-state index in [0.717, 1.165) is 59.3 Å². The lowest BCUT2D eigenvalue weighted by Gasteiger charge is -2.30. The molecule has 5 rings (SSSR count). The molecule has 4 aromatic rings. The lowest BCUT2D eigenvalue weighted by atomic mass is 9.92. The van der Waals surface area contributed by atoms with Crippen LogP contribution in [0.2, 0.25) is 0 Å². The Bertz CT molecular complexity index is 1180. The zero-order chi connectivity index (χ0) is 20.3. The quantitative estimate of drug-likeness (QED) is 0.413. The Hall–Kier alpha value is -3.59. The highest BCUT2D eigenvalue weighted by molar-refractivity contribution is 5.95. The van der Waals surface area contributed by atoms with Crippen molar-refractivity contribution in [1.82, 2.24) is 19.3 Å². The molecule has 0 aliphatic heterocycles. The van der Waals surface area contributed by atoms with Gasteiger partial charge in [-0.1, -0.05) is 30.3 Å². The molecule has 0 atom stereocenters. The molecule has 0 unspecified atom stereocenters. The van der Waals surface area contributed by atoms with E-state index in [0.29, 0.717) is 12.6 Å². The molecule has 6 heteroatoms. The molecule has 0 bridgehead atoms. The lowest BCUT2D eigenvalue weighted by molar-refractivity contribution is 0.298. The average Bonchev–Trinajstić information content (AvgIpc) is 3.37. The maximum absolute atomic E-state index is 9.99. The fourth-order valence-electron chi connectivity index (χ4n) is 4.16. The number of aryl methyl sites for hydroxylation is 1. The maximum atomic E-state index is 9.99. The van der Waals surface area contributed by atoms with Crippen molar-refractivity contribution in [3.63, 3.8) is 0 Å². The third-order valence-corrected chi connectivity index (χ3v) is 5.84. The first-order valence-electron chi connectivity index (χ1n) is 10.4. The van der Waals surface area contributed by atoms with Gasteiger partial charge in [-0.05, 0) is 37.0 Å². The number of fused-ring (bicyclic) bond motifs is 1. The summed E-state index contributed by atoms with van der Waals surface area (Å²) in [6.07, 6.45) is 7.64. The van der Waals surface area contributed by atoms with Gasteiger partial charge in [-0.25, -0.2) is 4.98 Å². The second-order valence-electron chi connectivity index (χ2n) is 7.70. The van der Waals surface area contributed by atoms with Crippen molar-refractivity contribution in [2.24, 2.45) is 0 Å². The van der Waals surface area contributed by atoms with E-state index in [1.165, 1.54) is 6.42 Å². The van der Waals surface area contributed by atoms with Gasteiger partial charge >= 0.3 is 0 Å². The van der Waals surface area contributed by atoms with Gasteiger partial charge in [-0.2, -0.15) is 10.4 Å². The van der Waals surface area contributed by atoms with Gasteiger partial charge in [0.05, 0.1) is 23.4 Å². The fraction of sp³-hybridized carbons (Fsp3) is 0.292. The van der Waals surface area contributed by atoms with E-state index in [9.17, 15) is 5.26 Å². The lowest BCUT2D eigenvalue weighted by Crippen LogP contribution is -2.17. The van der Waals surface area contributed by atoms with Crippen molar-refractivity contribution >= 4 is 10.9 Å². The van der Waals surface area contributed by atoms with E-state index >= 15 is 0 Å². The third-order valence-electron chi connectivity index (χ3n) is 5.84. The summed E-state index contributed by atoms with van der Waals surface area (Å²) >= 11 is 0. The van der Waals surface area contributed by atoms with Gasteiger partial charge in [0.2, 0.25) is 0 Å². The first-order chi connectivity index (χ1) is 14.8. The number of nitrogens with zero attached hydrogens (tertiary/aromatic N) is 5. The van der Waals surface area contributed by atoms with Gasteiger partial charge in [0.25, 0.3) is 0 Å². The Balaban J connectivity index is 1.49. The minimum atomic E-state index is 0.437. The standard InChI is InChI=1S/C24H23N5O/c25-15-22-21-11-10-20(30-13-5-12-28-17-26-16-27-28)14-23(21)29(19-8-4-9-19)24(22)18-6-2-1-3-7-18/h1-3,6-7,10-11,14,16-17,19H,4-5,8-9,12-13H2. The Labute approximate surface area is 175 Å². The minimum absolute atomic E-state index is 0.437. The van der Waals surface area contributed by atoms with Crippen LogP contribution in [0.25, 0.3) is 22.2 Å². The molecule has 1 aliphatic rings. The van der Waals surface area contributed by atoms with Crippen LogP contribution >= 0.6 is 0 Å². The Morgan fingerprint density at radius 1 is 1.13 bits per heavy atom. The van der Waals surface area contributed by atoms with Crippen molar-refractivity contribution in [1.29, 1.82) is 5.26 Å². The molecule has 0 radical (unpaired) electrons. The van der Waals surface area contributed by atoms with Crippen LogP contribution in [0, 0.1) is 11.3 Å². The molecule has 0 saturated heterocycles. The number of ether oxygens (including phenoxy) is 1. The summed E-state index contributed by atoms with van der Waals surface area (Å²) in [6.45, 7) is 1.38. The van der Waals surface area contributed by atoms with Crippen LogP contribution in [-0.4, -0.2) is 25.9 Å². The van der Waals surface area contributed by atoms with Crippen LogP contribution in [0.5, 0.6) is 5.75 Å². The molecular formula is C24H23N5O. The summed E-state index contributed by atoms with van der Waals surface area (Å²) < 4.78 is 10.2. The van der Waals surface area contributed by atoms with Gasteiger partial charge < -0.3 is 9.30 Å². The topological polar surface area (TPSA) is 68.7 Å². The highest BCUT2D eigenvalue weighted by Crippen LogP contribution is 2.43. The third kappa shape index (κ3) is 3.33. The van der Waals surface area contributed by atoms with Crippen LogP contribution in [0.15, 0.2) is 61.2 Å². The zero-order valence-electron chi connectivity index (χ0n) is 16.7. The number of hydrogen-bond donors (Lipinski definition) is 0. The molecule has 2 aromatic carbocycles. The number of aromatic nitrogens is 4. The second kappa shape index (κ2) is 8.03. The summed E-state index contributed by atoms with van der Waals surface area (Å²) in [7, 11) is 0. The van der Waals surface area contributed by atoms with Gasteiger partial charge in [0, 0.05) is 30.5 Å². The number of benzene rings is 2. The van der Waals surface area contributed by atoms with Crippen molar-refractivity contribution < 1.29 is 4.74 Å². The highest BCUT2D eigenvalue weighted by atomic mass is 16.5. The summed E-state index contributed by atoms with van der Waals surface area (Å²) in [5.74, 6) is 0.836. The van der Waals surface area contributed by atoms with Crippen molar-refractivity contribution in [2.45, 2.75) is 38.3 Å². The van der Waals surface area contributed by atoms with Crippen molar-refractivity contribution in [2.75, 3.05) is 6.61 Å². The predicted molar refractivity (Wildman–Crippen MR) is 115 cm³/mol. The van der Waals surface area contributed by atoms with E-state index in [2.05, 4.69) is 38.9 Å². The molecule has 0 amide bonds.